The first-order valence-corrected chi connectivity index (χ1v) is 23.8. The van der Waals surface area contributed by atoms with Gasteiger partial charge in [-0.05, 0) is 140 Å². The highest BCUT2D eigenvalue weighted by Crippen LogP contribution is 2.62. The molecule has 6 unspecified atom stereocenters. The van der Waals surface area contributed by atoms with Crippen molar-refractivity contribution in [2.45, 2.75) is 142 Å². The molecule has 318 valence electrons. The number of aliphatic hydroxyl groups is 1. The lowest BCUT2D eigenvalue weighted by Crippen LogP contribution is -2.43. The molecule has 1 heterocycles. The molecule has 0 aromatic heterocycles. The van der Waals surface area contributed by atoms with Crippen molar-refractivity contribution in [3.8, 4) is 0 Å². The van der Waals surface area contributed by atoms with E-state index in [0.717, 1.165) is 87.6 Å². The zero-order chi connectivity index (χ0) is 41.5. The summed E-state index contributed by atoms with van der Waals surface area (Å²) in [7, 11) is 0. The number of unbranched alkanes of at least 4 members (excludes halogenated alkanes) is 2. The molecule has 6 heteroatoms. The van der Waals surface area contributed by atoms with Crippen LogP contribution in [0.3, 0.4) is 0 Å². The molecule has 0 saturated heterocycles. The Morgan fingerprint density at radius 1 is 0.967 bits per heavy atom. The van der Waals surface area contributed by atoms with Gasteiger partial charge in [0.1, 0.15) is 5.82 Å². The number of hydrogen-bond acceptors (Lipinski definition) is 6. The van der Waals surface area contributed by atoms with Crippen LogP contribution in [0.2, 0.25) is 0 Å². The molecular weight excluding hydrogens is 739 g/mol. The molecule has 1 aliphatic heterocycles. The van der Waals surface area contributed by atoms with Gasteiger partial charge in [-0.2, -0.15) is 0 Å². The van der Waals surface area contributed by atoms with E-state index in [9.17, 15) is 9.90 Å². The Hall–Kier alpha value is -4.42. The second kappa shape index (κ2) is 19.5. The van der Waals surface area contributed by atoms with Gasteiger partial charge in [0, 0.05) is 23.5 Å². The van der Waals surface area contributed by atoms with Crippen molar-refractivity contribution in [2.24, 2.45) is 28.7 Å². The molecule has 7 aliphatic rings. The third-order valence-corrected chi connectivity index (χ3v) is 14.6. The van der Waals surface area contributed by atoms with Gasteiger partial charge in [-0.25, -0.2) is 4.99 Å². The van der Waals surface area contributed by atoms with Gasteiger partial charge in [-0.1, -0.05) is 137 Å². The molecule has 8 rings (SSSR count). The number of amidine groups is 1. The number of aliphatic hydroxyl groups excluding tert-OH is 1. The number of nitrogens with one attached hydrogen (secondary N) is 2. The molecule has 0 spiro atoms. The van der Waals surface area contributed by atoms with E-state index < -0.39 is 6.17 Å². The number of rotatable bonds is 16. The fourth-order valence-electron chi connectivity index (χ4n) is 11.2. The molecule has 6 atom stereocenters. The van der Waals surface area contributed by atoms with Crippen LogP contribution in [0.25, 0.3) is 5.57 Å². The Kier molecular flexibility index (Phi) is 13.8. The predicted octanol–water partition coefficient (Wildman–Crippen LogP) is 12.3. The Morgan fingerprint density at radius 3 is 2.60 bits per heavy atom. The van der Waals surface area contributed by atoms with E-state index in [1.807, 2.05) is 6.08 Å². The molecule has 6 aliphatic carbocycles. The molecule has 0 bridgehead atoms. The van der Waals surface area contributed by atoms with Crippen molar-refractivity contribution in [1.82, 2.24) is 10.6 Å². The third-order valence-electron chi connectivity index (χ3n) is 14.6. The molecule has 0 radical (unpaired) electrons. The number of carbonyl (C=O) groups excluding carboxylic acids is 1. The Morgan fingerprint density at radius 2 is 1.82 bits per heavy atom. The van der Waals surface area contributed by atoms with Gasteiger partial charge in [0.05, 0.1) is 6.61 Å². The van der Waals surface area contributed by atoms with Crippen molar-refractivity contribution in [3.05, 3.63) is 135 Å². The molecule has 3 N–H and O–H groups in total. The maximum atomic E-state index is 13.3. The second-order valence-corrected chi connectivity index (χ2v) is 18.4. The van der Waals surface area contributed by atoms with Crippen molar-refractivity contribution in [2.75, 3.05) is 13.2 Å². The van der Waals surface area contributed by atoms with Gasteiger partial charge < -0.3 is 15.2 Å². The number of nitrogens with zero attached hydrogens (tertiary/aromatic N) is 1. The van der Waals surface area contributed by atoms with Gasteiger partial charge in [0.2, 0.25) is 0 Å². The van der Waals surface area contributed by atoms with E-state index in [-0.39, 0.29) is 17.8 Å². The standard InChI is InChI=1S/C54H69N3O3/c1-4-7-17-37(6-3)36-60-53-56-51(55-52(57-53)46-25-14-15-26-50(46)59)42-29-30-45-47-32-40-20-12-13-21-41(40)33-49(47)54(48(45)34-42,43-22-10-9-11-23-43)44-24-16-19-38(31-44)27-28-39(35-58)18-8-5-2/h9-10,12-13,15,20-22,26,29-32,34,37,39,41,44,51,55,58H,4-8,11,14,16-19,23-25,27-28,33,35-36H2,1-3H3,(H,56,57). The van der Waals surface area contributed by atoms with Crippen molar-refractivity contribution >= 4 is 17.4 Å². The molecule has 1 aromatic carbocycles. The summed E-state index contributed by atoms with van der Waals surface area (Å²) in [6, 6.07) is 7.64. The van der Waals surface area contributed by atoms with Gasteiger partial charge in [-0.15, -0.1) is 0 Å². The minimum Gasteiger partial charge on any atom is -0.465 e. The Balaban J connectivity index is 1.24. The van der Waals surface area contributed by atoms with Gasteiger partial charge in [0.15, 0.2) is 11.9 Å². The average Bonchev–Trinajstić information content (AvgIpc) is 3.58. The molecule has 0 amide bonds. The normalized spacial score (nSPS) is 27.8. The third kappa shape index (κ3) is 8.69. The lowest BCUT2D eigenvalue weighted by molar-refractivity contribution is -0.111. The highest BCUT2D eigenvalue weighted by molar-refractivity contribution is 6.05. The fourth-order valence-corrected chi connectivity index (χ4v) is 11.2. The summed E-state index contributed by atoms with van der Waals surface area (Å²) in [6.07, 6.45) is 43.0. The van der Waals surface area contributed by atoms with E-state index in [1.54, 1.807) is 17.2 Å². The van der Waals surface area contributed by atoms with E-state index in [1.165, 1.54) is 60.0 Å². The van der Waals surface area contributed by atoms with Crippen LogP contribution in [-0.4, -0.2) is 30.1 Å². The quantitative estimate of drug-likeness (QED) is 0.114. The number of hydrogen-bond donors (Lipinski definition) is 3. The van der Waals surface area contributed by atoms with Gasteiger partial charge in [-0.3, -0.25) is 10.1 Å². The zero-order valence-corrected chi connectivity index (χ0v) is 36.6. The molecular formula is C54H69N3O3. The number of ether oxygens (including phenoxy) is 1. The average molecular weight is 808 g/mol. The predicted molar refractivity (Wildman–Crippen MR) is 247 cm³/mol. The summed E-state index contributed by atoms with van der Waals surface area (Å²) in [5.74, 6) is 2.28. The number of carbonyl (C=O) groups is 1. The Labute approximate surface area is 360 Å². The number of benzene rings is 1. The van der Waals surface area contributed by atoms with Crippen LogP contribution < -0.4 is 10.6 Å². The molecule has 1 aromatic rings. The highest BCUT2D eigenvalue weighted by Gasteiger charge is 2.53. The summed E-state index contributed by atoms with van der Waals surface area (Å²) in [5, 5.41) is 17.5. The van der Waals surface area contributed by atoms with Crippen LogP contribution in [0.1, 0.15) is 153 Å². The summed E-state index contributed by atoms with van der Waals surface area (Å²) in [5.41, 5.74) is 11.8. The summed E-state index contributed by atoms with van der Waals surface area (Å²) >= 11 is 0. The maximum absolute atomic E-state index is 13.3. The SMILES string of the molecule is CCCCC(CO)CCC1=CC(C2(C3=CC=CCC3)C3=C(C=C4C=CC=CC4C3)c3ccc(C4N=C(OCC(CC)CCCC)NC(=C5CCC=CC5=O)N4)cc32)CCC1. The number of fused-ring (bicyclic) bond motifs is 3. The van der Waals surface area contributed by atoms with E-state index in [2.05, 4.69) is 104 Å². The molecule has 0 saturated carbocycles. The lowest BCUT2D eigenvalue weighted by atomic mass is 9.57. The van der Waals surface area contributed by atoms with E-state index >= 15 is 0 Å². The van der Waals surface area contributed by atoms with Crippen molar-refractivity contribution in [1.29, 1.82) is 0 Å². The minimum absolute atomic E-state index is 0.0425. The second-order valence-electron chi connectivity index (χ2n) is 18.4. The first kappa shape index (κ1) is 42.3. The topological polar surface area (TPSA) is 83.0 Å². The van der Waals surface area contributed by atoms with Crippen molar-refractivity contribution in [3.63, 3.8) is 0 Å². The van der Waals surface area contributed by atoms with Gasteiger partial charge >= 0.3 is 0 Å². The van der Waals surface area contributed by atoms with Crippen LogP contribution in [0.15, 0.2) is 124 Å². The fraction of sp³-hybridized carbons (Fsp3) is 0.519. The summed E-state index contributed by atoms with van der Waals surface area (Å²) < 4.78 is 6.54. The van der Waals surface area contributed by atoms with Crippen LogP contribution in [0, 0.1) is 23.7 Å². The Bertz CT molecular complexity index is 2090. The zero-order valence-electron chi connectivity index (χ0n) is 36.6. The smallest absolute Gasteiger partial charge is 0.292 e. The largest absolute Gasteiger partial charge is 0.465 e. The minimum atomic E-state index is -0.415. The molecule has 6 nitrogen and oxygen atoms in total. The maximum Gasteiger partial charge on any atom is 0.292 e. The van der Waals surface area contributed by atoms with Gasteiger partial charge in [0.25, 0.3) is 6.02 Å². The number of ketones is 1. The monoisotopic (exact) mass is 808 g/mol. The van der Waals surface area contributed by atoms with E-state index in [0.29, 0.717) is 42.7 Å². The summed E-state index contributed by atoms with van der Waals surface area (Å²) in [4.78, 5) is 18.6. The summed E-state index contributed by atoms with van der Waals surface area (Å²) in [6.45, 7) is 7.62. The van der Waals surface area contributed by atoms with Crippen molar-refractivity contribution < 1.29 is 14.6 Å². The van der Waals surface area contributed by atoms with Crippen LogP contribution >= 0.6 is 0 Å². The van der Waals surface area contributed by atoms with E-state index in [4.69, 9.17) is 9.73 Å². The van der Waals surface area contributed by atoms with Crippen LogP contribution in [0.4, 0.5) is 0 Å². The lowest BCUT2D eigenvalue weighted by Gasteiger charge is -2.46. The number of aliphatic imine (C=N–C) groups is 1. The number of allylic oxidation sites excluding steroid dienone is 17. The first-order valence-electron chi connectivity index (χ1n) is 23.8. The molecule has 60 heavy (non-hydrogen) atoms. The van der Waals surface area contributed by atoms with Crippen LogP contribution in [-0.2, 0) is 14.9 Å². The molecule has 0 fully saturated rings. The first-order chi connectivity index (χ1) is 29.5. The van der Waals surface area contributed by atoms with Crippen LogP contribution in [0.5, 0.6) is 0 Å². The highest BCUT2D eigenvalue weighted by atomic mass is 16.5.